The Balaban J connectivity index is 0.000000474. The molecular formula is C60H98O15P+. The zero-order valence-electron chi connectivity index (χ0n) is 46.7. The van der Waals surface area contributed by atoms with Crippen LogP contribution in [0.4, 0.5) is 0 Å². The molecular weight excluding hydrogens is 992 g/mol. The fourth-order valence-corrected chi connectivity index (χ4v) is 12.1. The molecule has 4 saturated heterocycles. The van der Waals surface area contributed by atoms with Crippen molar-refractivity contribution in [3.63, 3.8) is 0 Å². The van der Waals surface area contributed by atoms with Gasteiger partial charge in [0.15, 0.2) is 23.7 Å². The molecule has 0 aromatic heterocycles. The molecule has 4 heterocycles. The number of unbranched alkanes of at least 4 members (excludes halogenated alkanes) is 1. The second-order valence-corrected chi connectivity index (χ2v) is 23.8. The lowest BCUT2D eigenvalue weighted by atomic mass is 10.1. The SMILES string of the molecule is C.C/C=C/C[C@@H]1OC(C)(C)O[C@@H]1CO.C=C[P+](c1ccccc1)(c1ccccc1)c1ccccc1.CC(=O)CCC[C@H](O)[C@H](O)CO.CC(C)O.CC1(C)O[C@H]2CC(O)OC[C@H]2O1.CCCC[C@@H]1OC(C)(C)O[C@@H]1CO. The lowest BCUT2D eigenvalue weighted by Gasteiger charge is -2.26. The Morgan fingerprint density at radius 2 is 1.11 bits per heavy atom. The van der Waals surface area contributed by atoms with Crippen LogP contribution in [0, 0.1) is 0 Å². The lowest BCUT2D eigenvalue weighted by Crippen LogP contribution is -2.39. The minimum Gasteiger partial charge on any atom is -0.394 e. The van der Waals surface area contributed by atoms with Gasteiger partial charge < -0.3 is 73.7 Å². The van der Waals surface area contributed by atoms with Gasteiger partial charge in [-0.2, -0.15) is 0 Å². The molecule has 0 spiro atoms. The summed E-state index contributed by atoms with van der Waals surface area (Å²) in [5.74, 6) is 0.627. The third-order valence-corrected chi connectivity index (χ3v) is 15.9. The Morgan fingerprint density at radius 1 is 0.684 bits per heavy atom. The monoisotopic (exact) mass is 1090 g/mol. The Morgan fingerprint density at radius 3 is 1.51 bits per heavy atom. The summed E-state index contributed by atoms with van der Waals surface area (Å²) in [4.78, 5) is 10.5. The van der Waals surface area contributed by atoms with Crippen molar-refractivity contribution >= 4 is 29.0 Å². The summed E-state index contributed by atoms with van der Waals surface area (Å²) in [6, 6.07) is 32.2. The maximum atomic E-state index is 10.5. The number of hydrogen-bond acceptors (Lipinski definition) is 15. The highest BCUT2D eigenvalue weighted by Gasteiger charge is 2.46. The van der Waals surface area contributed by atoms with Crippen LogP contribution < -0.4 is 15.9 Å². The van der Waals surface area contributed by atoms with Crippen LogP contribution in [0.3, 0.4) is 0 Å². The van der Waals surface area contributed by atoms with E-state index in [-0.39, 0.29) is 69.2 Å². The summed E-state index contributed by atoms with van der Waals surface area (Å²) in [6.07, 6.45) is 6.71. The van der Waals surface area contributed by atoms with Gasteiger partial charge in [0.25, 0.3) is 0 Å². The molecule has 0 bridgehead atoms. The van der Waals surface area contributed by atoms with Crippen molar-refractivity contribution < 1.29 is 73.7 Å². The van der Waals surface area contributed by atoms with Crippen LogP contribution >= 0.6 is 7.26 Å². The van der Waals surface area contributed by atoms with E-state index < -0.39 is 49.7 Å². The second-order valence-electron chi connectivity index (χ2n) is 20.4. The largest absolute Gasteiger partial charge is 0.394 e. The van der Waals surface area contributed by atoms with E-state index in [0.717, 1.165) is 25.7 Å². The molecule has 4 fully saturated rings. The molecule has 0 aliphatic carbocycles. The summed E-state index contributed by atoms with van der Waals surface area (Å²) >= 11 is 0. The summed E-state index contributed by atoms with van der Waals surface area (Å²) in [5.41, 5.74) is 0. The van der Waals surface area contributed by atoms with E-state index in [1.54, 1.807) is 13.8 Å². The first-order valence-electron chi connectivity index (χ1n) is 26.5. The molecule has 0 saturated carbocycles. The van der Waals surface area contributed by atoms with Crippen molar-refractivity contribution in [1.82, 2.24) is 0 Å². The van der Waals surface area contributed by atoms with Gasteiger partial charge >= 0.3 is 0 Å². The molecule has 7 rings (SSSR count). The molecule has 0 radical (unpaired) electrons. The van der Waals surface area contributed by atoms with E-state index >= 15 is 0 Å². The van der Waals surface area contributed by atoms with E-state index in [2.05, 4.69) is 110 Å². The van der Waals surface area contributed by atoms with Crippen LogP contribution in [0.1, 0.15) is 135 Å². The van der Waals surface area contributed by atoms with Gasteiger partial charge in [-0.3, -0.25) is 0 Å². The molecule has 9 atom stereocenters. The van der Waals surface area contributed by atoms with Gasteiger partial charge in [0, 0.05) is 18.9 Å². The van der Waals surface area contributed by atoms with Crippen molar-refractivity contribution in [3.05, 3.63) is 116 Å². The first-order valence-corrected chi connectivity index (χ1v) is 28.3. The second kappa shape index (κ2) is 36.0. The Hall–Kier alpha value is -3.32. The molecule has 15 nitrogen and oxygen atoms in total. The number of carbonyl (C=O) groups excluding carboxylic acids is 1. The van der Waals surface area contributed by atoms with Crippen LogP contribution in [0.25, 0.3) is 0 Å². The molecule has 16 heteroatoms. The molecule has 4 aliphatic heterocycles. The number of aliphatic hydroxyl groups excluding tert-OH is 7. The normalized spacial score (nSPS) is 24.4. The number of Topliss-reactive ketones (excluding diaryl/α,β-unsaturated/α-hetero) is 1. The van der Waals surface area contributed by atoms with E-state index in [1.807, 2.05) is 60.6 Å². The molecule has 3 aromatic rings. The number of carbonyl (C=O) groups is 1. The Bertz CT molecular complexity index is 1900. The first kappa shape index (κ1) is 70.7. The maximum Gasteiger partial charge on any atom is 0.163 e. The number of rotatable bonds is 17. The highest BCUT2D eigenvalue weighted by Crippen LogP contribution is 2.56. The topological polar surface area (TPSA) is 223 Å². The first-order chi connectivity index (χ1) is 35.4. The predicted octanol–water partition coefficient (Wildman–Crippen LogP) is 8.01. The fourth-order valence-electron chi connectivity index (χ4n) is 8.60. The number of hydrogen-bond donors (Lipinski definition) is 7. The highest BCUT2D eigenvalue weighted by atomic mass is 31.2. The number of benzene rings is 3. The summed E-state index contributed by atoms with van der Waals surface area (Å²) < 4.78 is 38.5. The van der Waals surface area contributed by atoms with Crippen molar-refractivity contribution in [1.29, 1.82) is 0 Å². The van der Waals surface area contributed by atoms with E-state index in [4.69, 9.17) is 68.9 Å². The van der Waals surface area contributed by atoms with E-state index in [9.17, 15) is 4.79 Å². The quantitative estimate of drug-likeness (QED) is 0.0503. The van der Waals surface area contributed by atoms with Gasteiger partial charge in [0.1, 0.15) is 53.4 Å². The van der Waals surface area contributed by atoms with Crippen molar-refractivity contribution in [2.45, 2.75) is 214 Å². The van der Waals surface area contributed by atoms with Gasteiger partial charge in [-0.15, -0.1) is 0 Å². The number of ketones is 1. The molecule has 432 valence electrons. The highest BCUT2D eigenvalue weighted by molar-refractivity contribution is 7.98. The van der Waals surface area contributed by atoms with Crippen LogP contribution in [0.5, 0.6) is 0 Å². The van der Waals surface area contributed by atoms with Gasteiger partial charge in [0.05, 0.1) is 56.7 Å². The minimum absolute atomic E-state index is 0. The predicted molar refractivity (Wildman–Crippen MR) is 304 cm³/mol. The van der Waals surface area contributed by atoms with E-state index in [0.29, 0.717) is 32.3 Å². The van der Waals surface area contributed by atoms with Crippen molar-refractivity contribution in [2.75, 3.05) is 26.4 Å². The zero-order chi connectivity index (χ0) is 56.2. The van der Waals surface area contributed by atoms with Gasteiger partial charge in [-0.25, -0.2) is 0 Å². The third-order valence-electron chi connectivity index (χ3n) is 12.0. The Labute approximate surface area is 456 Å². The standard InChI is InChI=1S/C20H18P.C10H20O3.C10H18O3.C8H14O4.C8H16O4.C3H8O.CH4/c1-2-21(18-12-6-3-7-13-18,19-14-8-4-9-15-19)20-16-10-5-11-17-20;2*1-4-5-6-8-9(7-11)13-10(2,3)12-8;1-8(2)11-5-3-7(9)10-4-6(5)12-8;1-6(10)3-2-4-7(11)8(12)5-9;1-3(2)4;/h2-17H,1H2;8-9,11H,4-7H2,1-3H3;4-5,8-9,11H,6-7H2,1-3H3;5-7,9H,3-4H2,1-2H3;7-9,11-12H,2-5H2,1H3;3-4H,1-2H3;1H4/q+1;;;;;;/b;;5-4+;;;;/t;2*8-,9+;5-,6+,7?;7-,8+;;/m.0000../s1. The molecule has 0 amide bonds. The summed E-state index contributed by atoms with van der Waals surface area (Å²) in [5, 5.41) is 65.8. The number of aliphatic hydroxyl groups is 7. The van der Waals surface area contributed by atoms with Crippen molar-refractivity contribution in [2.24, 2.45) is 0 Å². The molecule has 1 unspecified atom stereocenters. The number of ether oxygens (including phenoxy) is 7. The average molecular weight is 1090 g/mol. The zero-order valence-corrected chi connectivity index (χ0v) is 47.6. The van der Waals surface area contributed by atoms with Crippen LogP contribution in [-0.4, -0.2) is 147 Å². The third kappa shape index (κ3) is 25.2. The summed E-state index contributed by atoms with van der Waals surface area (Å²) in [6.45, 7) is 24.6. The minimum atomic E-state index is -1.77. The van der Waals surface area contributed by atoms with Crippen LogP contribution in [-0.2, 0) is 38.0 Å². The van der Waals surface area contributed by atoms with Gasteiger partial charge in [-0.1, -0.05) is 101 Å². The Kier molecular flexibility index (Phi) is 33.5. The molecule has 4 aliphatic rings. The molecule has 3 aromatic carbocycles. The lowest BCUT2D eigenvalue weighted by molar-refractivity contribution is -0.167. The maximum absolute atomic E-state index is 10.5. The molecule has 76 heavy (non-hydrogen) atoms. The van der Waals surface area contributed by atoms with Crippen molar-refractivity contribution in [3.8, 4) is 0 Å². The average Bonchev–Trinajstić information content (AvgIpc) is 3.99. The number of allylic oxidation sites excluding steroid dienone is 1. The van der Waals surface area contributed by atoms with Gasteiger partial charge in [0.2, 0.25) is 0 Å². The fraction of sp³-hybridized carbons (Fsp3) is 0.617. The van der Waals surface area contributed by atoms with Gasteiger partial charge in [-0.05, 0) is 131 Å². The molecule has 7 N–H and O–H groups in total. The van der Waals surface area contributed by atoms with Crippen LogP contribution in [0.15, 0.2) is 116 Å². The summed E-state index contributed by atoms with van der Waals surface area (Å²) in [7, 11) is -1.77. The number of fused-ring (bicyclic) bond motifs is 1. The van der Waals surface area contributed by atoms with E-state index in [1.165, 1.54) is 22.8 Å². The smallest absolute Gasteiger partial charge is 0.163 e. The van der Waals surface area contributed by atoms with Crippen LogP contribution in [0.2, 0.25) is 0 Å².